The van der Waals surface area contributed by atoms with E-state index in [0.29, 0.717) is 4.99 Å². The van der Waals surface area contributed by atoms with Gasteiger partial charge >= 0.3 is 5.97 Å². The van der Waals surface area contributed by atoms with Crippen LogP contribution in [0.3, 0.4) is 0 Å². The Morgan fingerprint density at radius 1 is 1.48 bits per heavy atom. The first kappa shape index (κ1) is 17.8. The topological polar surface area (TPSA) is 64.3 Å². The molecule has 0 saturated heterocycles. The number of carbonyl (C=O) groups is 1. The molecule has 0 aliphatic carbocycles. The third kappa shape index (κ3) is 4.61. The van der Waals surface area contributed by atoms with E-state index < -0.39 is 6.04 Å². The minimum absolute atomic E-state index is 0.0825. The smallest absolute Gasteiger partial charge is 0.328 e. The summed E-state index contributed by atoms with van der Waals surface area (Å²) in [6, 6.07) is 5.35. The summed E-state index contributed by atoms with van der Waals surface area (Å²) < 4.78 is 4.85. The monoisotopic (exact) mass is 326 g/mol. The molecular weight excluding hydrogens is 304 g/mol. The average molecular weight is 326 g/mol. The van der Waals surface area contributed by atoms with Gasteiger partial charge in [-0.15, -0.1) is 11.8 Å². The van der Waals surface area contributed by atoms with Crippen LogP contribution in [-0.4, -0.2) is 29.9 Å². The van der Waals surface area contributed by atoms with Crippen molar-refractivity contribution < 1.29 is 9.53 Å². The lowest BCUT2D eigenvalue weighted by Crippen LogP contribution is -2.36. The quantitative estimate of drug-likeness (QED) is 0.456. The Morgan fingerprint density at radius 2 is 2.14 bits per heavy atom. The van der Waals surface area contributed by atoms with E-state index in [9.17, 15) is 4.79 Å². The molecule has 0 bridgehead atoms. The van der Waals surface area contributed by atoms with Crippen LogP contribution in [0.2, 0.25) is 0 Å². The lowest BCUT2D eigenvalue weighted by Gasteiger charge is -2.23. The van der Waals surface area contributed by atoms with E-state index in [1.54, 1.807) is 11.8 Å². The lowest BCUT2D eigenvalue weighted by molar-refractivity contribution is -0.142. The second-order valence-corrected chi connectivity index (χ2v) is 6.61. The number of thioether (sulfide) groups is 1. The maximum atomic E-state index is 11.9. The molecule has 21 heavy (non-hydrogen) atoms. The van der Waals surface area contributed by atoms with Crippen LogP contribution < -0.4 is 11.1 Å². The molecule has 116 valence electrons. The van der Waals surface area contributed by atoms with Gasteiger partial charge in [-0.05, 0) is 23.8 Å². The molecule has 4 nitrogen and oxygen atoms in total. The van der Waals surface area contributed by atoms with Gasteiger partial charge in [0.2, 0.25) is 0 Å². The SMILES string of the molecule is CCSc1cccc(NC(C(=O)OC)C(C)C)c1C(N)=S. The highest BCUT2D eigenvalue weighted by molar-refractivity contribution is 7.99. The number of methoxy groups -OCH3 is 1. The van der Waals surface area contributed by atoms with Crippen LogP contribution in [0.15, 0.2) is 23.1 Å². The van der Waals surface area contributed by atoms with Crippen LogP contribution >= 0.6 is 24.0 Å². The van der Waals surface area contributed by atoms with Crippen LogP contribution in [0.4, 0.5) is 5.69 Å². The molecule has 0 spiro atoms. The van der Waals surface area contributed by atoms with E-state index in [4.69, 9.17) is 22.7 Å². The first-order chi connectivity index (χ1) is 9.92. The molecule has 3 N–H and O–H groups in total. The zero-order valence-electron chi connectivity index (χ0n) is 12.8. The summed E-state index contributed by atoms with van der Waals surface area (Å²) in [5.74, 6) is 0.704. The summed E-state index contributed by atoms with van der Waals surface area (Å²) in [5.41, 5.74) is 7.42. The van der Waals surface area contributed by atoms with Crippen molar-refractivity contribution in [3.63, 3.8) is 0 Å². The molecule has 0 heterocycles. The summed E-state index contributed by atoms with van der Waals surface area (Å²) in [7, 11) is 1.39. The van der Waals surface area contributed by atoms with Crippen LogP contribution in [0.1, 0.15) is 26.3 Å². The highest BCUT2D eigenvalue weighted by Gasteiger charge is 2.24. The molecule has 1 aromatic rings. The number of rotatable bonds is 7. The van der Waals surface area contributed by atoms with Gasteiger partial charge < -0.3 is 15.8 Å². The molecule has 1 aromatic carbocycles. The lowest BCUT2D eigenvalue weighted by atomic mass is 10.0. The maximum absolute atomic E-state index is 11.9. The standard InChI is InChI=1S/C15H22N2O2S2/c1-5-21-11-8-6-7-10(12(11)14(16)20)17-13(9(2)3)15(18)19-4/h6-9,13,17H,5H2,1-4H3,(H2,16,20). The number of ether oxygens (including phenoxy) is 1. The molecular formula is C15H22N2O2S2. The molecule has 0 amide bonds. The van der Waals surface area contributed by atoms with Gasteiger partial charge in [-0.2, -0.15) is 0 Å². The largest absolute Gasteiger partial charge is 0.467 e. The van der Waals surface area contributed by atoms with Crippen molar-refractivity contribution in [3.05, 3.63) is 23.8 Å². The molecule has 0 aliphatic heterocycles. The van der Waals surface area contributed by atoms with Crippen molar-refractivity contribution in [3.8, 4) is 0 Å². The zero-order valence-corrected chi connectivity index (χ0v) is 14.4. The number of nitrogens with one attached hydrogen (secondary N) is 1. The normalized spacial score (nSPS) is 12.0. The second-order valence-electron chi connectivity index (χ2n) is 4.87. The third-order valence-corrected chi connectivity index (χ3v) is 4.15. The number of nitrogens with two attached hydrogens (primary N) is 1. The van der Waals surface area contributed by atoms with E-state index >= 15 is 0 Å². The number of esters is 1. The van der Waals surface area contributed by atoms with Gasteiger partial charge in [0.15, 0.2) is 0 Å². The van der Waals surface area contributed by atoms with E-state index in [1.165, 1.54) is 7.11 Å². The van der Waals surface area contributed by atoms with Crippen LogP contribution in [0, 0.1) is 5.92 Å². The first-order valence-electron chi connectivity index (χ1n) is 6.82. The number of anilines is 1. The summed E-state index contributed by atoms with van der Waals surface area (Å²) >= 11 is 6.84. The van der Waals surface area contributed by atoms with E-state index in [0.717, 1.165) is 21.9 Å². The van der Waals surface area contributed by atoms with Crippen molar-refractivity contribution in [2.24, 2.45) is 11.7 Å². The molecule has 6 heteroatoms. The predicted octanol–water partition coefficient (Wildman–Crippen LogP) is 3.04. The third-order valence-electron chi connectivity index (χ3n) is 3.01. The van der Waals surface area contributed by atoms with E-state index in [2.05, 4.69) is 12.2 Å². The Kier molecular flexibility index (Phi) is 6.98. The first-order valence-corrected chi connectivity index (χ1v) is 8.21. The molecule has 1 rings (SSSR count). The number of benzene rings is 1. The fourth-order valence-corrected chi connectivity index (χ4v) is 3.11. The van der Waals surface area contributed by atoms with Crippen molar-refractivity contribution in [2.45, 2.75) is 31.7 Å². The van der Waals surface area contributed by atoms with Gasteiger partial charge in [-0.25, -0.2) is 4.79 Å². The maximum Gasteiger partial charge on any atom is 0.328 e. The van der Waals surface area contributed by atoms with Crippen LogP contribution in [0.25, 0.3) is 0 Å². The number of hydrogen-bond acceptors (Lipinski definition) is 5. The highest BCUT2D eigenvalue weighted by atomic mass is 32.2. The molecule has 1 unspecified atom stereocenters. The van der Waals surface area contributed by atoms with Gasteiger partial charge in [0.1, 0.15) is 11.0 Å². The molecule has 1 atom stereocenters. The summed E-state index contributed by atoms with van der Waals surface area (Å²) in [4.78, 5) is 13.2. The highest BCUT2D eigenvalue weighted by Crippen LogP contribution is 2.29. The minimum atomic E-state index is -0.440. The summed E-state index contributed by atoms with van der Waals surface area (Å²) in [6.45, 7) is 5.98. The Hall–Kier alpha value is -1.27. The Balaban J connectivity index is 3.19. The van der Waals surface area contributed by atoms with Crippen molar-refractivity contribution >= 4 is 40.6 Å². The van der Waals surface area contributed by atoms with Gasteiger partial charge in [-0.3, -0.25) is 0 Å². The summed E-state index contributed by atoms with van der Waals surface area (Å²) in [6.07, 6.45) is 0. The van der Waals surface area contributed by atoms with Gasteiger partial charge in [0.25, 0.3) is 0 Å². The van der Waals surface area contributed by atoms with E-state index in [1.807, 2.05) is 32.0 Å². The minimum Gasteiger partial charge on any atom is -0.467 e. The Bertz CT molecular complexity index is 518. The fraction of sp³-hybridized carbons (Fsp3) is 0.467. The second kappa shape index (κ2) is 8.24. The fourth-order valence-electron chi connectivity index (χ4n) is 1.97. The van der Waals surface area contributed by atoms with Crippen LogP contribution in [0.5, 0.6) is 0 Å². The van der Waals surface area contributed by atoms with E-state index in [-0.39, 0.29) is 11.9 Å². The molecule has 0 aromatic heterocycles. The number of carbonyl (C=O) groups excluding carboxylic acids is 1. The molecule has 0 radical (unpaired) electrons. The number of thiocarbonyl (C=S) groups is 1. The summed E-state index contributed by atoms with van der Waals surface area (Å²) in [5, 5.41) is 3.22. The molecule has 0 saturated carbocycles. The average Bonchev–Trinajstić information content (AvgIpc) is 2.43. The predicted molar refractivity (Wildman–Crippen MR) is 93.0 cm³/mol. The molecule has 0 fully saturated rings. The molecule has 0 aliphatic rings. The van der Waals surface area contributed by atoms with Crippen molar-refractivity contribution in [1.29, 1.82) is 0 Å². The number of hydrogen-bond donors (Lipinski definition) is 2. The Morgan fingerprint density at radius 3 is 2.62 bits per heavy atom. The Labute approximate surface area is 135 Å². The van der Waals surface area contributed by atoms with Gasteiger partial charge in [-0.1, -0.05) is 39.1 Å². The van der Waals surface area contributed by atoms with Gasteiger partial charge in [0, 0.05) is 16.1 Å². The van der Waals surface area contributed by atoms with Crippen molar-refractivity contribution in [2.75, 3.05) is 18.2 Å². The van der Waals surface area contributed by atoms with Crippen molar-refractivity contribution in [1.82, 2.24) is 0 Å². The zero-order chi connectivity index (χ0) is 16.0. The van der Waals surface area contributed by atoms with Gasteiger partial charge in [0.05, 0.1) is 7.11 Å². The van der Waals surface area contributed by atoms with Crippen LogP contribution in [-0.2, 0) is 9.53 Å².